The third kappa shape index (κ3) is 3.38. The Morgan fingerprint density at radius 2 is 2.10 bits per heavy atom. The number of hydrogen-bond acceptors (Lipinski definition) is 3. The van der Waals surface area contributed by atoms with E-state index in [1.54, 1.807) is 0 Å². The predicted molar refractivity (Wildman–Crippen MR) is 85.6 cm³/mol. The van der Waals surface area contributed by atoms with Gasteiger partial charge in [-0.25, -0.2) is 8.42 Å². The number of benzene rings is 2. The van der Waals surface area contributed by atoms with Crippen LogP contribution in [0.1, 0.15) is 18.4 Å². The van der Waals surface area contributed by atoms with E-state index in [-0.39, 0.29) is 11.7 Å². The molecule has 0 bridgehead atoms. The lowest BCUT2D eigenvalue weighted by Gasteiger charge is -2.22. The van der Waals surface area contributed by atoms with E-state index in [4.69, 9.17) is 4.74 Å². The van der Waals surface area contributed by atoms with Crippen LogP contribution in [0.25, 0.3) is 10.8 Å². The summed E-state index contributed by atoms with van der Waals surface area (Å²) < 4.78 is 29.1. The van der Waals surface area contributed by atoms with E-state index in [2.05, 4.69) is 25.1 Å². The lowest BCUT2D eigenvalue weighted by Crippen LogP contribution is -2.29. The average molecular weight is 304 g/mol. The summed E-state index contributed by atoms with van der Waals surface area (Å²) in [6, 6.07) is 12.3. The Morgan fingerprint density at radius 1 is 1.24 bits per heavy atom. The molecular weight excluding hydrogens is 284 g/mol. The van der Waals surface area contributed by atoms with Crippen molar-refractivity contribution in [3.63, 3.8) is 0 Å². The maximum absolute atomic E-state index is 11.6. The molecule has 3 rings (SSSR count). The Hall–Kier alpha value is -1.55. The summed E-state index contributed by atoms with van der Waals surface area (Å²) in [4.78, 5) is 0. The van der Waals surface area contributed by atoms with E-state index in [1.165, 1.54) is 10.9 Å². The van der Waals surface area contributed by atoms with Crippen molar-refractivity contribution in [3.8, 4) is 5.75 Å². The molecular formula is C17H20O3S. The molecule has 0 N–H and O–H groups in total. The van der Waals surface area contributed by atoms with E-state index in [9.17, 15) is 8.42 Å². The molecule has 1 atom stereocenters. The Labute approximate surface area is 125 Å². The number of aryl methyl sites for hydroxylation is 1. The fourth-order valence-electron chi connectivity index (χ4n) is 2.98. The summed E-state index contributed by atoms with van der Waals surface area (Å²) in [6.45, 7) is 2.58. The highest BCUT2D eigenvalue weighted by atomic mass is 32.2. The van der Waals surface area contributed by atoms with Crippen molar-refractivity contribution in [2.75, 3.05) is 18.1 Å². The van der Waals surface area contributed by atoms with Crippen LogP contribution in [0, 0.1) is 12.8 Å². The van der Waals surface area contributed by atoms with E-state index in [1.807, 2.05) is 18.2 Å². The second-order valence-corrected chi connectivity index (χ2v) is 8.12. The van der Waals surface area contributed by atoms with Gasteiger partial charge in [0.05, 0.1) is 18.1 Å². The van der Waals surface area contributed by atoms with Gasteiger partial charge >= 0.3 is 0 Å². The monoisotopic (exact) mass is 304 g/mol. The molecule has 0 radical (unpaired) electrons. The fourth-order valence-corrected chi connectivity index (χ4v) is 4.73. The smallest absolute Gasteiger partial charge is 0.150 e. The van der Waals surface area contributed by atoms with Crippen molar-refractivity contribution in [2.24, 2.45) is 5.92 Å². The van der Waals surface area contributed by atoms with E-state index in [0.717, 1.165) is 24.0 Å². The second kappa shape index (κ2) is 5.68. The number of rotatable bonds is 3. The van der Waals surface area contributed by atoms with Crippen LogP contribution < -0.4 is 4.74 Å². The van der Waals surface area contributed by atoms with Crippen LogP contribution in [0.2, 0.25) is 0 Å². The van der Waals surface area contributed by atoms with Crippen LogP contribution in [0.4, 0.5) is 0 Å². The van der Waals surface area contributed by atoms with Crippen LogP contribution in [0.5, 0.6) is 5.75 Å². The molecule has 1 aliphatic rings. The molecule has 0 amide bonds. The van der Waals surface area contributed by atoms with Gasteiger partial charge < -0.3 is 4.74 Å². The summed E-state index contributed by atoms with van der Waals surface area (Å²) in [6.07, 6.45) is 1.69. The molecule has 0 saturated carbocycles. The molecule has 0 aliphatic carbocycles. The number of ether oxygens (including phenoxy) is 1. The Bertz CT molecular complexity index is 750. The highest BCUT2D eigenvalue weighted by molar-refractivity contribution is 7.91. The average Bonchev–Trinajstić information content (AvgIpc) is 2.44. The minimum Gasteiger partial charge on any atom is -0.493 e. The minimum absolute atomic E-state index is 0.122. The van der Waals surface area contributed by atoms with Crippen LogP contribution >= 0.6 is 0 Å². The standard InChI is InChI=1S/C17H20O3S/c1-13-4-2-6-15-10-16(7-8-17(13)15)20-11-14-5-3-9-21(18,19)12-14/h2,4,6-8,10,14H,3,5,9,11-12H2,1H3. The first-order valence-corrected chi connectivity index (χ1v) is 9.18. The van der Waals surface area contributed by atoms with Gasteiger partial charge in [0, 0.05) is 5.92 Å². The maximum Gasteiger partial charge on any atom is 0.150 e. The first kappa shape index (κ1) is 14.4. The van der Waals surface area contributed by atoms with Crippen LogP contribution in [-0.4, -0.2) is 26.5 Å². The van der Waals surface area contributed by atoms with Crippen molar-refractivity contribution in [2.45, 2.75) is 19.8 Å². The molecule has 1 heterocycles. The molecule has 4 heteroatoms. The topological polar surface area (TPSA) is 43.4 Å². The molecule has 2 aromatic rings. The second-order valence-electron chi connectivity index (χ2n) is 5.89. The third-order valence-electron chi connectivity index (χ3n) is 4.11. The largest absolute Gasteiger partial charge is 0.493 e. The summed E-state index contributed by atoms with van der Waals surface area (Å²) in [5.74, 6) is 1.53. The Kier molecular flexibility index (Phi) is 3.89. The molecule has 0 aromatic heterocycles. The third-order valence-corrected chi connectivity index (χ3v) is 6.00. The van der Waals surface area contributed by atoms with Gasteiger partial charge in [0.15, 0.2) is 9.84 Å². The van der Waals surface area contributed by atoms with Gasteiger partial charge in [-0.15, -0.1) is 0 Å². The van der Waals surface area contributed by atoms with Gasteiger partial charge in [-0.05, 0) is 48.2 Å². The van der Waals surface area contributed by atoms with Crippen molar-refractivity contribution in [3.05, 3.63) is 42.0 Å². The van der Waals surface area contributed by atoms with Gasteiger partial charge in [0.2, 0.25) is 0 Å². The van der Waals surface area contributed by atoms with Crippen molar-refractivity contribution in [1.29, 1.82) is 0 Å². The first-order chi connectivity index (χ1) is 10.0. The lowest BCUT2D eigenvalue weighted by atomic mass is 10.1. The minimum atomic E-state index is -2.86. The van der Waals surface area contributed by atoms with E-state index in [0.29, 0.717) is 12.4 Å². The molecule has 3 nitrogen and oxygen atoms in total. The van der Waals surface area contributed by atoms with Gasteiger partial charge in [0.1, 0.15) is 5.75 Å². The zero-order valence-corrected chi connectivity index (χ0v) is 13.0. The number of hydrogen-bond donors (Lipinski definition) is 0. The van der Waals surface area contributed by atoms with Crippen LogP contribution in [0.15, 0.2) is 36.4 Å². The maximum atomic E-state index is 11.6. The summed E-state index contributed by atoms with van der Waals surface area (Å²) in [7, 11) is -2.86. The SMILES string of the molecule is Cc1cccc2cc(OCC3CCCS(=O)(=O)C3)ccc12. The Balaban J connectivity index is 1.71. The van der Waals surface area contributed by atoms with Crippen LogP contribution in [-0.2, 0) is 9.84 Å². The molecule has 2 aromatic carbocycles. The summed E-state index contributed by atoms with van der Waals surface area (Å²) >= 11 is 0. The van der Waals surface area contributed by atoms with Crippen molar-refractivity contribution >= 4 is 20.6 Å². The van der Waals surface area contributed by atoms with Gasteiger partial charge in [-0.1, -0.05) is 24.3 Å². The molecule has 1 aliphatic heterocycles. The van der Waals surface area contributed by atoms with Crippen molar-refractivity contribution in [1.82, 2.24) is 0 Å². The normalized spacial score (nSPS) is 21.3. The quantitative estimate of drug-likeness (QED) is 0.873. The highest BCUT2D eigenvalue weighted by Gasteiger charge is 2.25. The molecule has 0 spiro atoms. The molecule has 1 fully saturated rings. The highest BCUT2D eigenvalue weighted by Crippen LogP contribution is 2.25. The summed E-state index contributed by atoms with van der Waals surface area (Å²) in [5.41, 5.74) is 1.25. The summed E-state index contributed by atoms with van der Waals surface area (Å²) in [5, 5.41) is 2.38. The van der Waals surface area contributed by atoms with Crippen molar-refractivity contribution < 1.29 is 13.2 Å². The molecule has 21 heavy (non-hydrogen) atoms. The lowest BCUT2D eigenvalue weighted by molar-refractivity contribution is 0.249. The zero-order chi connectivity index (χ0) is 14.9. The first-order valence-electron chi connectivity index (χ1n) is 7.36. The molecule has 1 unspecified atom stereocenters. The van der Waals surface area contributed by atoms with Gasteiger partial charge in [-0.2, -0.15) is 0 Å². The van der Waals surface area contributed by atoms with Crippen LogP contribution in [0.3, 0.4) is 0 Å². The zero-order valence-electron chi connectivity index (χ0n) is 12.2. The van der Waals surface area contributed by atoms with Gasteiger partial charge in [0.25, 0.3) is 0 Å². The number of sulfone groups is 1. The van der Waals surface area contributed by atoms with Gasteiger partial charge in [-0.3, -0.25) is 0 Å². The van der Waals surface area contributed by atoms with E-state index >= 15 is 0 Å². The Morgan fingerprint density at radius 3 is 2.90 bits per heavy atom. The number of fused-ring (bicyclic) bond motifs is 1. The van der Waals surface area contributed by atoms with E-state index < -0.39 is 9.84 Å². The molecule has 1 saturated heterocycles. The molecule has 112 valence electrons. The fraction of sp³-hybridized carbons (Fsp3) is 0.412. The predicted octanol–water partition coefficient (Wildman–Crippen LogP) is 3.35.